The molecule has 0 spiro atoms. The van der Waals surface area contributed by atoms with Crippen molar-refractivity contribution in [2.45, 2.75) is 13.3 Å². The first-order chi connectivity index (χ1) is 16.1. The largest absolute Gasteiger partial charge is 0.481 e. The van der Waals surface area contributed by atoms with Crippen molar-refractivity contribution in [3.63, 3.8) is 0 Å². The number of carbonyl (C=O) groups is 1. The number of nitrogens with zero attached hydrogens (tertiary/aromatic N) is 2. The highest BCUT2D eigenvalue weighted by Gasteiger charge is 2.33. The Morgan fingerprint density at radius 3 is 2.45 bits per heavy atom. The summed E-state index contributed by atoms with van der Waals surface area (Å²) in [6.07, 6.45) is 7.89. The van der Waals surface area contributed by atoms with Crippen molar-refractivity contribution < 1.29 is 9.53 Å². The number of ether oxygens (including phenoxy) is 1. The normalized spacial score (nSPS) is 15.8. The zero-order valence-corrected chi connectivity index (χ0v) is 19.2. The van der Waals surface area contributed by atoms with E-state index in [1.807, 2.05) is 79.7 Å². The third-order valence-electron chi connectivity index (χ3n) is 5.11. The first-order valence-corrected chi connectivity index (χ1v) is 11.5. The molecule has 3 aromatic carbocycles. The zero-order chi connectivity index (χ0) is 23.0. The summed E-state index contributed by atoms with van der Waals surface area (Å²) >= 11 is 1.40. The van der Waals surface area contributed by atoms with Crippen molar-refractivity contribution in [3.8, 4) is 18.1 Å². The maximum absolute atomic E-state index is 13.3. The Morgan fingerprint density at radius 1 is 1.03 bits per heavy atom. The smallest absolute Gasteiger partial charge is 0.266 e. The molecule has 5 heteroatoms. The molecule has 1 amide bonds. The third-order valence-corrected chi connectivity index (χ3v) is 6.12. The van der Waals surface area contributed by atoms with Crippen LogP contribution >= 0.6 is 11.8 Å². The Hall–Kier alpha value is -3.75. The third kappa shape index (κ3) is 5.94. The van der Waals surface area contributed by atoms with Crippen LogP contribution in [0.4, 0.5) is 5.69 Å². The molecular weight excluding hydrogens is 428 g/mol. The molecule has 0 aromatic heterocycles. The summed E-state index contributed by atoms with van der Waals surface area (Å²) in [4.78, 5) is 20.5. The Balaban J connectivity index is 1.58. The highest BCUT2D eigenvalue weighted by molar-refractivity contribution is 8.18. The second-order valence-electron chi connectivity index (χ2n) is 7.59. The van der Waals surface area contributed by atoms with Crippen LogP contribution in [0, 0.1) is 19.3 Å². The number of carbonyl (C=O) groups excluding carboxylic acids is 1. The SMILES string of the molecule is C#CCOc1ccc(/C=C2/SC(=Nc3ccc(C)cc3)N(CCc3ccccc3)C2=O)cc1. The maximum Gasteiger partial charge on any atom is 0.266 e. The van der Waals surface area contributed by atoms with E-state index in [1.165, 1.54) is 22.9 Å². The van der Waals surface area contributed by atoms with Crippen molar-refractivity contribution in [2.24, 2.45) is 4.99 Å². The van der Waals surface area contributed by atoms with Gasteiger partial charge in [0.2, 0.25) is 0 Å². The van der Waals surface area contributed by atoms with Crippen LogP contribution in [0.3, 0.4) is 0 Å². The summed E-state index contributed by atoms with van der Waals surface area (Å²) < 4.78 is 5.43. The van der Waals surface area contributed by atoms with Gasteiger partial charge in [0.25, 0.3) is 5.91 Å². The number of amidine groups is 1. The quantitative estimate of drug-likeness (QED) is 0.333. The van der Waals surface area contributed by atoms with Crippen molar-refractivity contribution >= 4 is 34.6 Å². The second kappa shape index (κ2) is 10.7. The Bertz CT molecular complexity index is 1210. The Labute approximate surface area is 199 Å². The van der Waals surface area contributed by atoms with E-state index in [0.29, 0.717) is 22.4 Å². The fraction of sp³-hybridized carbons (Fsp3) is 0.143. The number of hydrogen-bond donors (Lipinski definition) is 0. The molecule has 3 aromatic rings. The van der Waals surface area contributed by atoms with Crippen molar-refractivity contribution in [3.05, 3.63) is 100 Å². The fourth-order valence-corrected chi connectivity index (χ4v) is 4.37. The number of rotatable bonds is 7. The number of aliphatic imine (C=N–C) groups is 1. The maximum atomic E-state index is 13.3. The molecule has 4 nitrogen and oxygen atoms in total. The lowest BCUT2D eigenvalue weighted by molar-refractivity contribution is -0.122. The second-order valence-corrected chi connectivity index (χ2v) is 8.60. The molecule has 1 aliphatic rings. The minimum atomic E-state index is -0.0329. The Kier molecular flexibility index (Phi) is 7.29. The molecule has 0 unspecified atom stereocenters. The number of thioether (sulfide) groups is 1. The summed E-state index contributed by atoms with van der Waals surface area (Å²) in [7, 11) is 0. The minimum Gasteiger partial charge on any atom is -0.481 e. The molecule has 33 heavy (non-hydrogen) atoms. The van der Waals surface area contributed by atoms with Crippen molar-refractivity contribution in [2.75, 3.05) is 13.2 Å². The monoisotopic (exact) mass is 452 g/mol. The first-order valence-electron chi connectivity index (χ1n) is 10.7. The predicted octanol–water partition coefficient (Wildman–Crippen LogP) is 5.85. The average Bonchev–Trinajstić information content (AvgIpc) is 3.13. The molecule has 0 bridgehead atoms. The molecule has 0 N–H and O–H groups in total. The van der Waals surface area contributed by atoms with E-state index in [-0.39, 0.29) is 12.5 Å². The van der Waals surface area contributed by atoms with Crippen LogP contribution in [0.25, 0.3) is 6.08 Å². The standard InChI is InChI=1S/C28H24N2O2S/c1-3-19-32-25-15-11-23(12-16-25)20-26-27(31)30(18-17-22-7-5-4-6-8-22)28(33-26)29-24-13-9-21(2)10-14-24/h1,4-16,20H,17-19H2,2H3/b26-20+,29-28?. The van der Waals surface area contributed by atoms with E-state index in [9.17, 15) is 4.79 Å². The molecule has 4 rings (SSSR count). The summed E-state index contributed by atoms with van der Waals surface area (Å²) in [5.74, 6) is 3.12. The molecule has 0 radical (unpaired) electrons. The number of amides is 1. The van der Waals surface area contributed by atoms with Crippen LogP contribution in [0.15, 0.2) is 88.8 Å². The molecule has 0 aliphatic carbocycles. The van der Waals surface area contributed by atoms with Gasteiger partial charge in [-0.2, -0.15) is 0 Å². The van der Waals surface area contributed by atoms with E-state index in [2.05, 4.69) is 18.1 Å². The molecular formula is C28H24N2O2S. The summed E-state index contributed by atoms with van der Waals surface area (Å²) in [5.41, 5.74) is 4.10. The van der Waals surface area contributed by atoms with Gasteiger partial charge in [0.15, 0.2) is 5.17 Å². The molecule has 0 saturated carbocycles. The molecule has 1 aliphatic heterocycles. The van der Waals surface area contributed by atoms with Gasteiger partial charge in [-0.15, -0.1) is 6.42 Å². The van der Waals surface area contributed by atoms with Crippen molar-refractivity contribution in [1.82, 2.24) is 4.90 Å². The average molecular weight is 453 g/mol. The molecule has 1 saturated heterocycles. The minimum absolute atomic E-state index is 0.0329. The van der Waals surface area contributed by atoms with Crippen LogP contribution in [-0.4, -0.2) is 29.1 Å². The van der Waals surface area contributed by atoms with Gasteiger partial charge in [0.05, 0.1) is 10.6 Å². The summed E-state index contributed by atoms with van der Waals surface area (Å²) in [6.45, 7) is 2.83. The molecule has 0 atom stereocenters. The lowest BCUT2D eigenvalue weighted by Gasteiger charge is -2.15. The summed E-state index contributed by atoms with van der Waals surface area (Å²) in [5, 5.41) is 0.694. The van der Waals surface area contributed by atoms with Gasteiger partial charge in [-0.1, -0.05) is 66.1 Å². The Morgan fingerprint density at radius 2 is 1.76 bits per heavy atom. The van der Waals surface area contributed by atoms with Gasteiger partial charge < -0.3 is 4.74 Å². The predicted molar refractivity (Wildman–Crippen MR) is 136 cm³/mol. The van der Waals surface area contributed by atoms with Gasteiger partial charge in [-0.25, -0.2) is 4.99 Å². The fourth-order valence-electron chi connectivity index (χ4n) is 3.34. The number of benzene rings is 3. The van der Waals surface area contributed by atoms with Gasteiger partial charge in [-0.3, -0.25) is 9.69 Å². The van der Waals surface area contributed by atoms with Gasteiger partial charge in [0, 0.05) is 6.54 Å². The highest BCUT2D eigenvalue weighted by atomic mass is 32.2. The van der Waals surface area contributed by atoms with E-state index >= 15 is 0 Å². The van der Waals surface area contributed by atoms with Gasteiger partial charge in [0.1, 0.15) is 12.4 Å². The van der Waals surface area contributed by atoms with Gasteiger partial charge >= 0.3 is 0 Å². The zero-order valence-electron chi connectivity index (χ0n) is 18.4. The number of terminal acetylenes is 1. The molecule has 1 heterocycles. The topological polar surface area (TPSA) is 41.9 Å². The van der Waals surface area contributed by atoms with Gasteiger partial charge in [-0.05, 0) is 66.6 Å². The molecule has 164 valence electrons. The van der Waals surface area contributed by atoms with E-state index in [4.69, 9.17) is 16.2 Å². The summed E-state index contributed by atoms with van der Waals surface area (Å²) in [6, 6.07) is 25.7. The highest BCUT2D eigenvalue weighted by Crippen LogP contribution is 2.34. The van der Waals surface area contributed by atoms with Crippen LogP contribution in [-0.2, 0) is 11.2 Å². The number of hydrogen-bond acceptors (Lipinski definition) is 4. The number of aryl methyl sites for hydroxylation is 1. The van der Waals surface area contributed by atoms with Crippen LogP contribution < -0.4 is 4.74 Å². The molecule has 1 fully saturated rings. The van der Waals surface area contributed by atoms with Crippen LogP contribution in [0.5, 0.6) is 5.75 Å². The first kappa shape index (κ1) is 22.4. The van der Waals surface area contributed by atoms with Crippen molar-refractivity contribution in [1.29, 1.82) is 0 Å². The lowest BCUT2D eigenvalue weighted by atomic mass is 10.1. The van der Waals surface area contributed by atoms with E-state index in [1.54, 1.807) is 4.90 Å². The lowest BCUT2D eigenvalue weighted by Crippen LogP contribution is -2.31. The van der Waals surface area contributed by atoms with E-state index < -0.39 is 0 Å². The van der Waals surface area contributed by atoms with Crippen LogP contribution in [0.2, 0.25) is 0 Å². The van der Waals surface area contributed by atoms with E-state index in [0.717, 1.165) is 17.7 Å². The van der Waals surface area contributed by atoms with Crippen LogP contribution in [0.1, 0.15) is 16.7 Å².